The number of anilines is 1. The summed E-state index contributed by atoms with van der Waals surface area (Å²) in [6, 6.07) is 23.8. The second kappa shape index (κ2) is 11.2. The number of aryl methyl sites for hydroxylation is 2. The Balaban J connectivity index is 0.00000149. The standard InChI is InChI=1S/C29H27NS.C2H2/c1-5-9-27(25-12-8-7-11-20(25)3)30-24-16-13-22(14-17-24)23-15-18-29-26(19-23)21(4)28(31-29)10-6-2;1-2/h5-19,30H,1H2,2-4H3;1-2H/b10-6-,27-9+;. The van der Waals surface area contributed by atoms with Crippen LogP contribution in [0.15, 0.2) is 91.5 Å². The maximum atomic E-state index is 4.00. The van der Waals surface area contributed by atoms with Gasteiger partial charge in [0.25, 0.3) is 0 Å². The van der Waals surface area contributed by atoms with Gasteiger partial charge in [0.05, 0.1) is 0 Å². The zero-order valence-electron chi connectivity index (χ0n) is 19.4. The molecule has 0 saturated heterocycles. The summed E-state index contributed by atoms with van der Waals surface area (Å²) in [6.07, 6.45) is 16.1. The van der Waals surface area contributed by atoms with Gasteiger partial charge in [-0.2, -0.15) is 0 Å². The van der Waals surface area contributed by atoms with E-state index in [1.165, 1.54) is 42.8 Å². The van der Waals surface area contributed by atoms with Crippen LogP contribution in [0.4, 0.5) is 5.69 Å². The molecule has 1 N–H and O–H groups in total. The Hall–Kier alpha value is -3.80. The van der Waals surface area contributed by atoms with Crippen LogP contribution >= 0.6 is 11.3 Å². The minimum atomic E-state index is 1.05. The predicted molar refractivity (Wildman–Crippen MR) is 150 cm³/mol. The second-order valence-corrected chi connectivity index (χ2v) is 8.72. The van der Waals surface area contributed by atoms with Gasteiger partial charge >= 0.3 is 0 Å². The summed E-state index contributed by atoms with van der Waals surface area (Å²) < 4.78 is 1.34. The van der Waals surface area contributed by atoms with Crippen molar-refractivity contribution >= 4 is 38.9 Å². The van der Waals surface area contributed by atoms with Crippen molar-refractivity contribution in [2.24, 2.45) is 0 Å². The highest BCUT2D eigenvalue weighted by molar-refractivity contribution is 7.20. The molecule has 0 fully saturated rings. The molecule has 3 aromatic carbocycles. The quantitative estimate of drug-likeness (QED) is 0.229. The molecule has 33 heavy (non-hydrogen) atoms. The summed E-state index contributed by atoms with van der Waals surface area (Å²) in [4.78, 5) is 1.34. The van der Waals surface area contributed by atoms with Gasteiger partial charge in [0.15, 0.2) is 0 Å². The Morgan fingerprint density at radius 2 is 1.64 bits per heavy atom. The number of nitrogens with one attached hydrogen (secondary N) is 1. The molecule has 164 valence electrons. The molecule has 0 amide bonds. The topological polar surface area (TPSA) is 12.0 Å². The fraction of sp³-hybridized carbons (Fsp3) is 0.0968. The summed E-state index contributed by atoms with van der Waals surface area (Å²) in [6.45, 7) is 10.3. The van der Waals surface area contributed by atoms with Crippen molar-refractivity contribution < 1.29 is 0 Å². The lowest BCUT2D eigenvalue weighted by Gasteiger charge is -2.14. The van der Waals surface area contributed by atoms with Crippen molar-refractivity contribution in [1.82, 2.24) is 0 Å². The number of rotatable bonds is 6. The summed E-state index contributed by atoms with van der Waals surface area (Å²) in [5.74, 6) is 0. The molecule has 0 saturated carbocycles. The van der Waals surface area contributed by atoms with E-state index in [1.54, 1.807) is 0 Å². The third-order valence-electron chi connectivity index (χ3n) is 5.51. The molecule has 0 unspecified atom stereocenters. The lowest BCUT2D eigenvalue weighted by atomic mass is 10.0. The van der Waals surface area contributed by atoms with Crippen LogP contribution in [0.5, 0.6) is 0 Å². The van der Waals surface area contributed by atoms with Gasteiger partial charge in [-0.1, -0.05) is 61.2 Å². The third kappa shape index (κ3) is 5.34. The number of thiophene rings is 1. The fourth-order valence-corrected chi connectivity index (χ4v) is 4.99. The van der Waals surface area contributed by atoms with Crippen LogP contribution in [0, 0.1) is 26.7 Å². The molecular formula is C31H29NS. The minimum absolute atomic E-state index is 1.05. The molecule has 0 spiro atoms. The second-order valence-electron chi connectivity index (χ2n) is 7.64. The molecule has 0 radical (unpaired) electrons. The van der Waals surface area contributed by atoms with E-state index in [-0.39, 0.29) is 0 Å². The molecule has 0 aliphatic rings. The van der Waals surface area contributed by atoms with Crippen LogP contribution in [0.1, 0.15) is 28.5 Å². The monoisotopic (exact) mass is 447 g/mol. The maximum Gasteiger partial charge on any atom is 0.0460 e. The third-order valence-corrected chi connectivity index (χ3v) is 6.75. The number of hydrogen-bond acceptors (Lipinski definition) is 2. The van der Waals surface area contributed by atoms with Crippen molar-refractivity contribution in [3.05, 3.63) is 113 Å². The molecule has 0 aliphatic heterocycles. The van der Waals surface area contributed by atoms with Gasteiger partial charge in [-0.15, -0.1) is 24.2 Å². The summed E-state index contributed by atoms with van der Waals surface area (Å²) in [5.41, 5.74) is 8.34. The average Bonchev–Trinajstić information content (AvgIpc) is 3.16. The maximum absolute atomic E-state index is 4.00. The van der Waals surface area contributed by atoms with Gasteiger partial charge in [0, 0.05) is 26.5 Å². The molecular weight excluding hydrogens is 418 g/mol. The average molecular weight is 448 g/mol. The van der Waals surface area contributed by atoms with Gasteiger partial charge in [-0.25, -0.2) is 0 Å². The Morgan fingerprint density at radius 3 is 2.30 bits per heavy atom. The Bertz CT molecular complexity index is 1330. The van der Waals surface area contributed by atoms with Crippen LogP contribution in [0.2, 0.25) is 0 Å². The first-order valence-corrected chi connectivity index (χ1v) is 11.7. The van der Waals surface area contributed by atoms with E-state index < -0.39 is 0 Å². The van der Waals surface area contributed by atoms with Crippen LogP contribution in [0.25, 0.3) is 33.0 Å². The molecule has 0 aliphatic carbocycles. The van der Waals surface area contributed by atoms with Crippen molar-refractivity contribution in [3.63, 3.8) is 0 Å². The molecule has 2 heteroatoms. The highest BCUT2D eigenvalue weighted by atomic mass is 32.1. The zero-order chi connectivity index (χ0) is 23.8. The predicted octanol–water partition coefficient (Wildman–Crippen LogP) is 9.11. The van der Waals surface area contributed by atoms with E-state index in [9.17, 15) is 0 Å². The Morgan fingerprint density at radius 1 is 0.939 bits per heavy atom. The van der Waals surface area contributed by atoms with Gasteiger partial charge in [-0.05, 0) is 84.8 Å². The molecule has 4 aromatic rings. The zero-order valence-corrected chi connectivity index (χ0v) is 20.2. The number of fused-ring (bicyclic) bond motifs is 1. The SMILES string of the molecule is C#C.C=C/C=C(/Nc1ccc(-c2ccc3sc(/C=C\C)c(C)c3c2)cc1)c1ccccc1C. The number of terminal acetylenes is 1. The van der Waals surface area contributed by atoms with E-state index in [0.717, 1.165) is 11.4 Å². The molecule has 0 bridgehead atoms. The lowest BCUT2D eigenvalue weighted by molar-refractivity contribution is 1.40. The first-order chi connectivity index (χ1) is 16.1. The Labute approximate surface area is 201 Å². The molecule has 1 nitrogen and oxygen atoms in total. The van der Waals surface area contributed by atoms with E-state index in [1.807, 2.05) is 23.5 Å². The van der Waals surface area contributed by atoms with Crippen molar-refractivity contribution in [1.29, 1.82) is 0 Å². The van der Waals surface area contributed by atoms with Gasteiger partial charge < -0.3 is 5.32 Å². The lowest BCUT2D eigenvalue weighted by Crippen LogP contribution is -2.00. The van der Waals surface area contributed by atoms with Gasteiger partial charge in [0.1, 0.15) is 0 Å². The van der Waals surface area contributed by atoms with Crippen molar-refractivity contribution in [2.75, 3.05) is 5.32 Å². The van der Waals surface area contributed by atoms with E-state index >= 15 is 0 Å². The smallest absolute Gasteiger partial charge is 0.0460 e. The Kier molecular flexibility index (Phi) is 8.08. The first-order valence-electron chi connectivity index (χ1n) is 10.9. The van der Waals surface area contributed by atoms with Crippen LogP contribution in [-0.4, -0.2) is 0 Å². The van der Waals surface area contributed by atoms with Gasteiger partial charge in [-0.3, -0.25) is 0 Å². The van der Waals surface area contributed by atoms with E-state index in [0.29, 0.717) is 0 Å². The molecule has 4 rings (SSSR count). The van der Waals surface area contributed by atoms with Crippen molar-refractivity contribution in [2.45, 2.75) is 20.8 Å². The minimum Gasteiger partial charge on any atom is -0.355 e. The number of benzene rings is 3. The first kappa shape index (κ1) is 23.9. The van der Waals surface area contributed by atoms with Crippen LogP contribution in [-0.2, 0) is 0 Å². The highest BCUT2D eigenvalue weighted by Gasteiger charge is 2.09. The van der Waals surface area contributed by atoms with Crippen molar-refractivity contribution in [3.8, 4) is 24.0 Å². The van der Waals surface area contributed by atoms with Crippen LogP contribution in [0.3, 0.4) is 0 Å². The largest absolute Gasteiger partial charge is 0.355 e. The van der Waals surface area contributed by atoms with Crippen LogP contribution < -0.4 is 5.32 Å². The summed E-state index contributed by atoms with van der Waals surface area (Å²) >= 11 is 1.85. The van der Waals surface area contributed by atoms with E-state index in [4.69, 9.17) is 0 Å². The van der Waals surface area contributed by atoms with E-state index in [2.05, 4.69) is 124 Å². The molecule has 1 aromatic heterocycles. The number of hydrogen-bond donors (Lipinski definition) is 1. The summed E-state index contributed by atoms with van der Waals surface area (Å²) in [7, 11) is 0. The molecule has 1 heterocycles. The normalized spacial score (nSPS) is 11.2. The van der Waals surface area contributed by atoms with Gasteiger partial charge in [0.2, 0.25) is 0 Å². The summed E-state index contributed by atoms with van der Waals surface area (Å²) in [5, 5.41) is 4.90. The highest BCUT2D eigenvalue weighted by Crippen LogP contribution is 2.35. The fourth-order valence-electron chi connectivity index (χ4n) is 3.82. The molecule has 0 atom stereocenters. The number of allylic oxidation sites excluding steroid dienone is 3.